The van der Waals surface area contributed by atoms with E-state index in [0.717, 1.165) is 61.3 Å². The van der Waals surface area contributed by atoms with Crippen LogP contribution < -0.4 is 0 Å². The van der Waals surface area contributed by atoms with E-state index in [-0.39, 0.29) is 41.8 Å². The normalized spacial score (nSPS) is 14.3. The first-order valence-corrected chi connectivity index (χ1v) is 24.9. The smallest absolute Gasteiger partial charge is 0.121 e. The number of fused-ring (bicyclic) bond motifs is 8. The Morgan fingerprint density at radius 1 is 0.592 bits per heavy atom. The summed E-state index contributed by atoms with van der Waals surface area (Å²) in [4.78, 5) is 9.81. The Kier molecular flexibility index (Phi) is 12.1. The predicted octanol–water partition coefficient (Wildman–Crippen LogP) is 17.9. The standard InChI is InChI=1S/C51H45N2O.C15H16N.Ir/c1-49(2,3)41-19-13-16-35(33-24-25-40-42(29-33)51(6,7)27-26-50(40,4)5)46(41)53-44-21-11-10-20-43(44)52-48(53)37-18-12-17-36-39-28-32-23-22-31-14-8-9-15-34(31)38(32)30-45(39)54-47(36)37;1-15(2,3)13-9-10-16-14(11-13)12-7-5-4-6-8-12;/h8-17,19-25,28-30H,26-27H2,1-7H3;4-7,9-11H,1-3H3;/q2*-1;. The number of para-hydroxylation sites is 3. The molecule has 0 fully saturated rings. The third-order valence-electron chi connectivity index (χ3n) is 14.9. The topological polar surface area (TPSA) is 43.9 Å². The molecule has 4 nitrogen and oxygen atoms in total. The van der Waals surface area contributed by atoms with E-state index in [1.807, 2.05) is 36.5 Å². The third-order valence-corrected chi connectivity index (χ3v) is 14.9. The van der Waals surface area contributed by atoms with Gasteiger partial charge in [0.25, 0.3) is 0 Å². The molecule has 3 heterocycles. The molecule has 5 heteroatoms. The van der Waals surface area contributed by atoms with Crippen molar-refractivity contribution in [1.82, 2.24) is 14.5 Å². The van der Waals surface area contributed by atoms with Crippen molar-refractivity contribution in [2.45, 2.75) is 104 Å². The molecule has 71 heavy (non-hydrogen) atoms. The van der Waals surface area contributed by atoms with Gasteiger partial charge in [0.05, 0.1) is 28.1 Å². The second-order valence-electron chi connectivity index (χ2n) is 22.7. The van der Waals surface area contributed by atoms with Crippen molar-refractivity contribution in [3.8, 4) is 39.5 Å². The van der Waals surface area contributed by atoms with E-state index in [1.54, 1.807) is 0 Å². The summed E-state index contributed by atoms with van der Waals surface area (Å²) in [6.07, 6.45) is 4.24. The zero-order valence-corrected chi connectivity index (χ0v) is 45.0. The quantitative estimate of drug-likeness (QED) is 0.130. The minimum absolute atomic E-state index is 0. The maximum Gasteiger partial charge on any atom is 0.121 e. The molecule has 1 radical (unpaired) electrons. The Bertz CT molecular complexity index is 3800. The number of hydrogen-bond acceptors (Lipinski definition) is 3. The van der Waals surface area contributed by atoms with Gasteiger partial charge in [0.15, 0.2) is 0 Å². The summed E-state index contributed by atoms with van der Waals surface area (Å²) in [5.74, 6) is 0.827. The molecule has 0 amide bonds. The third kappa shape index (κ3) is 8.62. The second kappa shape index (κ2) is 17.9. The summed E-state index contributed by atoms with van der Waals surface area (Å²) in [6, 6.07) is 63.2. The molecule has 0 saturated carbocycles. The van der Waals surface area contributed by atoms with Crippen molar-refractivity contribution < 1.29 is 24.5 Å². The van der Waals surface area contributed by atoms with Crippen molar-refractivity contribution >= 4 is 54.5 Å². The molecule has 0 N–H and O–H groups in total. The summed E-state index contributed by atoms with van der Waals surface area (Å²) in [6.45, 7) is 23.2. The van der Waals surface area contributed by atoms with E-state index in [4.69, 9.17) is 9.40 Å². The van der Waals surface area contributed by atoms with Gasteiger partial charge in [0, 0.05) is 37.3 Å². The van der Waals surface area contributed by atoms with Crippen LogP contribution in [0.25, 0.3) is 94.0 Å². The van der Waals surface area contributed by atoms with Crippen molar-refractivity contribution in [3.05, 3.63) is 198 Å². The first-order valence-electron chi connectivity index (χ1n) is 24.9. The van der Waals surface area contributed by atoms with Crippen LogP contribution in [-0.4, -0.2) is 14.5 Å². The monoisotopic (exact) mass is 1100 g/mol. The van der Waals surface area contributed by atoms with Crippen LogP contribution in [0.4, 0.5) is 0 Å². The molecule has 0 saturated heterocycles. The van der Waals surface area contributed by atoms with Gasteiger partial charge in [-0.05, 0) is 120 Å². The van der Waals surface area contributed by atoms with Gasteiger partial charge in [-0.2, -0.15) is 0 Å². The Morgan fingerprint density at radius 2 is 1.34 bits per heavy atom. The molecule has 0 aliphatic heterocycles. The fourth-order valence-electron chi connectivity index (χ4n) is 10.8. The fraction of sp³-hybridized carbons (Fsp3) is 0.242. The molecule has 0 atom stereocenters. The largest absolute Gasteiger partial charge is 0.501 e. The van der Waals surface area contributed by atoms with E-state index >= 15 is 0 Å². The number of nitrogens with zero attached hydrogens (tertiary/aromatic N) is 3. The van der Waals surface area contributed by atoms with Gasteiger partial charge in [0.2, 0.25) is 0 Å². The molecular formula is C66H61IrN3O-2. The first kappa shape index (κ1) is 48.0. The maximum atomic E-state index is 6.91. The van der Waals surface area contributed by atoms with Crippen molar-refractivity contribution in [3.63, 3.8) is 0 Å². The van der Waals surface area contributed by atoms with E-state index in [9.17, 15) is 0 Å². The SMILES string of the molecule is CC(C)(C)c1cccc(-c2ccc3c(c2)C(C)(C)CCC3(C)C)c1-n1c(-c2[c-]ccc3c2oc2cc4c(ccc5ccccc54)cc23)nc2ccccc21.CC(C)(C)c1ccnc(-c2[c-]cccc2)c1.[Ir]. The van der Waals surface area contributed by atoms with Gasteiger partial charge in [-0.15, -0.1) is 54.1 Å². The Hall–Kier alpha value is -6.65. The van der Waals surface area contributed by atoms with Crippen molar-refractivity contribution in [2.24, 2.45) is 0 Å². The number of benzene rings is 8. The van der Waals surface area contributed by atoms with Crippen LogP contribution in [0.15, 0.2) is 168 Å². The van der Waals surface area contributed by atoms with Crippen LogP contribution in [0.5, 0.6) is 0 Å². The molecule has 12 rings (SSSR count). The average Bonchev–Trinajstić information content (AvgIpc) is 3.93. The van der Waals surface area contributed by atoms with Crippen LogP contribution in [0, 0.1) is 12.1 Å². The van der Waals surface area contributed by atoms with Crippen molar-refractivity contribution in [2.75, 3.05) is 0 Å². The van der Waals surface area contributed by atoms with E-state index < -0.39 is 0 Å². The minimum Gasteiger partial charge on any atom is -0.501 e. The van der Waals surface area contributed by atoms with Gasteiger partial charge < -0.3 is 14.0 Å². The Morgan fingerprint density at radius 3 is 2.11 bits per heavy atom. The number of imidazole rings is 1. The van der Waals surface area contributed by atoms with Gasteiger partial charge >= 0.3 is 0 Å². The fourth-order valence-corrected chi connectivity index (χ4v) is 10.8. The van der Waals surface area contributed by atoms with E-state index in [0.29, 0.717) is 0 Å². The maximum absolute atomic E-state index is 6.91. The van der Waals surface area contributed by atoms with Gasteiger partial charge in [0.1, 0.15) is 5.58 Å². The number of aromatic nitrogens is 3. The zero-order chi connectivity index (χ0) is 48.7. The second-order valence-corrected chi connectivity index (χ2v) is 22.7. The van der Waals surface area contributed by atoms with E-state index in [1.165, 1.54) is 67.8 Å². The molecule has 0 bridgehead atoms. The number of rotatable bonds is 4. The molecule has 3 aromatic heterocycles. The summed E-state index contributed by atoms with van der Waals surface area (Å²) < 4.78 is 9.31. The minimum atomic E-state index is -0.151. The molecule has 11 aromatic rings. The average molecular weight is 1100 g/mol. The molecule has 0 unspecified atom stereocenters. The van der Waals surface area contributed by atoms with Crippen LogP contribution >= 0.6 is 0 Å². The molecular weight excluding hydrogens is 1040 g/mol. The van der Waals surface area contributed by atoms with Gasteiger partial charge in [-0.3, -0.25) is 4.98 Å². The van der Waals surface area contributed by atoms with Gasteiger partial charge in [-0.1, -0.05) is 171 Å². The number of hydrogen-bond donors (Lipinski definition) is 0. The zero-order valence-electron chi connectivity index (χ0n) is 42.6. The first-order chi connectivity index (χ1) is 33.5. The molecule has 8 aromatic carbocycles. The molecule has 357 valence electrons. The van der Waals surface area contributed by atoms with Crippen LogP contribution in [0.1, 0.15) is 104 Å². The molecule has 0 spiro atoms. The Labute approximate surface area is 432 Å². The summed E-state index contributed by atoms with van der Waals surface area (Å²) in [5.41, 5.74) is 15.9. The van der Waals surface area contributed by atoms with Crippen LogP contribution in [0.3, 0.4) is 0 Å². The summed E-state index contributed by atoms with van der Waals surface area (Å²) >= 11 is 0. The van der Waals surface area contributed by atoms with E-state index in [2.05, 4.69) is 218 Å². The number of pyridine rings is 1. The molecule has 1 aliphatic carbocycles. The predicted molar refractivity (Wildman–Crippen MR) is 294 cm³/mol. The van der Waals surface area contributed by atoms with Crippen LogP contribution in [-0.2, 0) is 41.8 Å². The van der Waals surface area contributed by atoms with Crippen LogP contribution in [0.2, 0.25) is 0 Å². The number of furan rings is 1. The Balaban J connectivity index is 0.000000292. The van der Waals surface area contributed by atoms with Crippen molar-refractivity contribution in [1.29, 1.82) is 0 Å². The summed E-state index contributed by atoms with van der Waals surface area (Å²) in [7, 11) is 0. The summed E-state index contributed by atoms with van der Waals surface area (Å²) in [5, 5.41) is 7.01. The molecule has 1 aliphatic rings. The van der Waals surface area contributed by atoms with Gasteiger partial charge in [-0.25, -0.2) is 0 Å².